The van der Waals surface area contributed by atoms with E-state index in [0.29, 0.717) is 24.3 Å². The molecule has 24 heavy (non-hydrogen) atoms. The highest BCUT2D eigenvalue weighted by Crippen LogP contribution is 2.14. The van der Waals surface area contributed by atoms with Gasteiger partial charge in [0.2, 0.25) is 0 Å². The SMILES string of the molecule is O=C(c1ccc(NS(=O)O)cc1)N1CCN(Cc2ccn[nH]2)CC1. The Morgan fingerprint density at radius 1 is 1.21 bits per heavy atom. The Morgan fingerprint density at radius 3 is 2.50 bits per heavy atom. The predicted molar refractivity (Wildman–Crippen MR) is 90.6 cm³/mol. The van der Waals surface area contributed by atoms with Crippen molar-refractivity contribution in [1.29, 1.82) is 0 Å². The van der Waals surface area contributed by atoms with Crippen molar-refractivity contribution < 1.29 is 13.6 Å². The molecule has 0 saturated carbocycles. The quantitative estimate of drug-likeness (QED) is 0.697. The van der Waals surface area contributed by atoms with Crippen LogP contribution in [0.5, 0.6) is 0 Å². The molecule has 2 heterocycles. The standard InChI is InChI=1S/C15H19N5O3S/c21-15(12-1-3-13(4-2-12)18-24(22)23)20-9-7-19(8-10-20)11-14-5-6-16-17-14/h1-6,18H,7-11H2,(H,16,17)(H,22,23). The molecule has 1 amide bonds. The molecule has 1 fully saturated rings. The van der Waals surface area contributed by atoms with Gasteiger partial charge in [0, 0.05) is 55.9 Å². The Kier molecular flexibility index (Phi) is 5.24. The topological polar surface area (TPSA) is 102 Å². The van der Waals surface area contributed by atoms with Gasteiger partial charge in [0.25, 0.3) is 17.2 Å². The lowest BCUT2D eigenvalue weighted by atomic mass is 10.1. The summed E-state index contributed by atoms with van der Waals surface area (Å²) in [5, 5.41) is 6.88. The number of benzene rings is 1. The number of aromatic amines is 1. The molecule has 0 aliphatic carbocycles. The minimum atomic E-state index is -2.11. The van der Waals surface area contributed by atoms with Crippen LogP contribution in [0.25, 0.3) is 0 Å². The Labute approximate surface area is 142 Å². The molecule has 128 valence electrons. The number of hydrogen-bond acceptors (Lipinski definition) is 4. The third-order valence-electron chi connectivity index (χ3n) is 3.95. The van der Waals surface area contributed by atoms with Crippen LogP contribution in [0.2, 0.25) is 0 Å². The zero-order valence-electron chi connectivity index (χ0n) is 13.0. The maximum atomic E-state index is 12.5. The molecule has 9 heteroatoms. The molecule has 1 aromatic carbocycles. The summed E-state index contributed by atoms with van der Waals surface area (Å²) in [6.07, 6.45) is 1.74. The summed E-state index contributed by atoms with van der Waals surface area (Å²) in [5.41, 5.74) is 2.14. The molecule has 1 aliphatic heterocycles. The summed E-state index contributed by atoms with van der Waals surface area (Å²) >= 11 is -2.11. The molecule has 1 aromatic heterocycles. The molecule has 0 radical (unpaired) electrons. The van der Waals surface area contributed by atoms with Gasteiger partial charge < -0.3 is 4.90 Å². The summed E-state index contributed by atoms with van der Waals surface area (Å²) < 4.78 is 21.8. The summed E-state index contributed by atoms with van der Waals surface area (Å²) in [7, 11) is 0. The van der Waals surface area contributed by atoms with E-state index >= 15 is 0 Å². The van der Waals surface area contributed by atoms with E-state index in [1.54, 1.807) is 30.5 Å². The van der Waals surface area contributed by atoms with Crippen LogP contribution in [0, 0.1) is 0 Å². The Hall–Kier alpha value is -2.23. The minimum absolute atomic E-state index is 0.0205. The third kappa shape index (κ3) is 4.19. The number of carbonyl (C=O) groups is 1. The third-order valence-corrected chi connectivity index (χ3v) is 4.36. The first-order chi connectivity index (χ1) is 11.6. The van der Waals surface area contributed by atoms with E-state index in [2.05, 4.69) is 19.8 Å². The van der Waals surface area contributed by atoms with Crippen molar-refractivity contribution >= 4 is 22.9 Å². The lowest BCUT2D eigenvalue weighted by Gasteiger charge is -2.34. The van der Waals surface area contributed by atoms with Crippen molar-refractivity contribution in [3.8, 4) is 0 Å². The fourth-order valence-electron chi connectivity index (χ4n) is 2.69. The van der Waals surface area contributed by atoms with Crippen LogP contribution in [0.3, 0.4) is 0 Å². The molecular weight excluding hydrogens is 330 g/mol. The second kappa shape index (κ2) is 7.56. The monoisotopic (exact) mass is 349 g/mol. The van der Waals surface area contributed by atoms with Gasteiger partial charge in [-0.1, -0.05) is 0 Å². The van der Waals surface area contributed by atoms with Gasteiger partial charge in [-0.2, -0.15) is 5.10 Å². The van der Waals surface area contributed by atoms with Crippen LogP contribution >= 0.6 is 0 Å². The van der Waals surface area contributed by atoms with Gasteiger partial charge in [0.15, 0.2) is 0 Å². The highest BCUT2D eigenvalue weighted by molar-refractivity contribution is 7.80. The van der Waals surface area contributed by atoms with E-state index in [1.165, 1.54) is 0 Å². The predicted octanol–water partition coefficient (Wildman–Crippen LogP) is 0.916. The van der Waals surface area contributed by atoms with Crippen LogP contribution in [0.4, 0.5) is 5.69 Å². The van der Waals surface area contributed by atoms with E-state index in [-0.39, 0.29) is 5.91 Å². The summed E-state index contributed by atoms with van der Waals surface area (Å²) in [6.45, 7) is 3.78. The Morgan fingerprint density at radius 2 is 1.92 bits per heavy atom. The van der Waals surface area contributed by atoms with Crippen molar-refractivity contribution in [3.05, 3.63) is 47.8 Å². The first-order valence-corrected chi connectivity index (χ1v) is 8.70. The molecule has 1 unspecified atom stereocenters. The van der Waals surface area contributed by atoms with Gasteiger partial charge in [-0.15, -0.1) is 0 Å². The van der Waals surface area contributed by atoms with Crippen molar-refractivity contribution in [3.63, 3.8) is 0 Å². The first kappa shape index (κ1) is 16.6. The van der Waals surface area contributed by atoms with Crippen molar-refractivity contribution in [2.75, 3.05) is 30.9 Å². The normalized spacial score (nSPS) is 16.8. The zero-order valence-corrected chi connectivity index (χ0v) is 13.8. The number of amides is 1. The van der Waals surface area contributed by atoms with Crippen LogP contribution < -0.4 is 4.72 Å². The number of rotatable bonds is 5. The number of piperazine rings is 1. The van der Waals surface area contributed by atoms with Gasteiger partial charge in [0.05, 0.1) is 0 Å². The number of hydrogen-bond donors (Lipinski definition) is 3. The lowest BCUT2D eigenvalue weighted by molar-refractivity contribution is 0.0627. The van der Waals surface area contributed by atoms with Gasteiger partial charge in [-0.3, -0.25) is 24.1 Å². The second-order valence-electron chi connectivity index (χ2n) is 5.58. The highest BCUT2D eigenvalue weighted by atomic mass is 32.2. The van der Waals surface area contributed by atoms with Crippen LogP contribution in [0.15, 0.2) is 36.5 Å². The Bertz CT molecular complexity index is 696. The minimum Gasteiger partial charge on any atom is -0.336 e. The summed E-state index contributed by atoms with van der Waals surface area (Å²) in [6, 6.07) is 8.52. The fraction of sp³-hybridized carbons (Fsp3) is 0.333. The fourth-order valence-corrected chi connectivity index (χ4v) is 3.02. The largest absolute Gasteiger partial charge is 0.336 e. The van der Waals surface area contributed by atoms with E-state index in [0.717, 1.165) is 25.3 Å². The summed E-state index contributed by atoms with van der Waals surface area (Å²) in [5.74, 6) is -0.0205. The zero-order chi connectivity index (χ0) is 16.9. The van der Waals surface area contributed by atoms with E-state index in [4.69, 9.17) is 4.55 Å². The molecule has 3 N–H and O–H groups in total. The van der Waals surface area contributed by atoms with Crippen molar-refractivity contribution in [2.45, 2.75) is 6.54 Å². The smallest absolute Gasteiger partial charge is 0.259 e. The molecule has 0 spiro atoms. The molecule has 3 rings (SSSR count). The average molecular weight is 349 g/mol. The second-order valence-corrected chi connectivity index (χ2v) is 6.28. The van der Waals surface area contributed by atoms with Gasteiger partial charge >= 0.3 is 0 Å². The van der Waals surface area contributed by atoms with Gasteiger partial charge in [0.1, 0.15) is 0 Å². The van der Waals surface area contributed by atoms with E-state index < -0.39 is 11.3 Å². The van der Waals surface area contributed by atoms with E-state index in [9.17, 15) is 9.00 Å². The number of H-pyrrole nitrogens is 1. The molecule has 8 nitrogen and oxygen atoms in total. The molecule has 1 atom stereocenters. The first-order valence-electron chi connectivity index (χ1n) is 7.59. The van der Waals surface area contributed by atoms with Crippen molar-refractivity contribution in [1.82, 2.24) is 20.0 Å². The molecule has 1 saturated heterocycles. The average Bonchev–Trinajstić information content (AvgIpc) is 3.08. The lowest BCUT2D eigenvalue weighted by Crippen LogP contribution is -2.48. The number of anilines is 1. The van der Waals surface area contributed by atoms with Gasteiger partial charge in [-0.25, -0.2) is 4.21 Å². The van der Waals surface area contributed by atoms with Crippen LogP contribution in [-0.4, -0.2) is 60.8 Å². The number of carbonyl (C=O) groups excluding carboxylic acids is 1. The van der Waals surface area contributed by atoms with E-state index in [1.807, 2.05) is 11.0 Å². The van der Waals surface area contributed by atoms with Crippen LogP contribution in [-0.2, 0) is 17.8 Å². The molecule has 0 bridgehead atoms. The Balaban J connectivity index is 1.54. The van der Waals surface area contributed by atoms with Crippen LogP contribution in [0.1, 0.15) is 16.1 Å². The number of nitrogens with zero attached hydrogens (tertiary/aromatic N) is 3. The number of aromatic nitrogens is 2. The summed E-state index contributed by atoms with van der Waals surface area (Å²) in [4.78, 5) is 16.6. The van der Waals surface area contributed by atoms with Crippen molar-refractivity contribution in [2.24, 2.45) is 0 Å². The highest BCUT2D eigenvalue weighted by Gasteiger charge is 2.22. The molecular formula is C15H19N5O3S. The maximum absolute atomic E-state index is 12.5. The van der Waals surface area contributed by atoms with Gasteiger partial charge in [-0.05, 0) is 30.3 Å². The number of nitrogens with one attached hydrogen (secondary N) is 2. The molecule has 1 aliphatic rings. The maximum Gasteiger partial charge on any atom is 0.259 e. The molecule has 2 aromatic rings.